The summed E-state index contributed by atoms with van der Waals surface area (Å²) in [6.07, 6.45) is 3.36. The van der Waals surface area contributed by atoms with Crippen LogP contribution < -0.4 is 0 Å². The van der Waals surface area contributed by atoms with Gasteiger partial charge in [-0.25, -0.2) is 0 Å². The molecule has 1 aromatic heterocycles. The van der Waals surface area contributed by atoms with Crippen molar-refractivity contribution in [1.29, 1.82) is 0 Å². The van der Waals surface area contributed by atoms with Crippen molar-refractivity contribution >= 4 is 11.8 Å². The number of aromatic nitrogens is 2. The van der Waals surface area contributed by atoms with Gasteiger partial charge in [-0.2, -0.15) is 16.7 Å². The molecule has 1 atom stereocenters. The van der Waals surface area contributed by atoms with Crippen molar-refractivity contribution < 1.29 is 9.26 Å². The van der Waals surface area contributed by atoms with Gasteiger partial charge in [0.15, 0.2) is 0 Å². The Morgan fingerprint density at radius 2 is 2.05 bits per heavy atom. The van der Waals surface area contributed by atoms with Gasteiger partial charge < -0.3 is 9.26 Å². The van der Waals surface area contributed by atoms with Crippen molar-refractivity contribution in [3.8, 4) is 0 Å². The predicted octanol–water partition coefficient (Wildman–Crippen LogP) is 3.34. The molecule has 1 aromatic carbocycles. The van der Waals surface area contributed by atoms with Gasteiger partial charge in [0.25, 0.3) is 0 Å². The van der Waals surface area contributed by atoms with E-state index in [1.807, 2.05) is 17.8 Å². The van der Waals surface area contributed by atoms with Crippen LogP contribution in [-0.4, -0.2) is 28.3 Å². The number of rotatable bonds is 3. The molecule has 5 heteroatoms. The molecule has 0 bridgehead atoms. The number of ether oxygens (including phenoxy) is 1. The van der Waals surface area contributed by atoms with Crippen LogP contribution in [0.3, 0.4) is 0 Å². The molecule has 4 nitrogen and oxygen atoms in total. The zero-order valence-electron chi connectivity index (χ0n) is 11.8. The maximum atomic E-state index is 5.74. The highest BCUT2D eigenvalue weighted by molar-refractivity contribution is 7.99. The van der Waals surface area contributed by atoms with Gasteiger partial charge in [0.05, 0.1) is 12.0 Å². The number of thioether (sulfide) groups is 1. The molecule has 2 fully saturated rings. The molecule has 2 heterocycles. The van der Waals surface area contributed by atoms with Gasteiger partial charge in [-0.05, 0) is 18.4 Å². The third-order valence-electron chi connectivity index (χ3n) is 4.49. The predicted molar refractivity (Wildman–Crippen MR) is 81.4 cm³/mol. The van der Waals surface area contributed by atoms with E-state index in [1.165, 1.54) is 12.0 Å². The summed E-state index contributed by atoms with van der Waals surface area (Å²) in [5.74, 6) is 3.43. The molecular formula is C16H18N2O2S. The lowest BCUT2D eigenvalue weighted by Crippen LogP contribution is -2.35. The average molecular weight is 302 g/mol. The lowest BCUT2D eigenvalue weighted by molar-refractivity contribution is 0.0677. The van der Waals surface area contributed by atoms with Crippen LogP contribution in [-0.2, 0) is 10.2 Å². The van der Waals surface area contributed by atoms with Crippen molar-refractivity contribution in [2.75, 3.05) is 18.1 Å². The Bertz CT molecular complexity index is 604. The standard InChI is InChI=1S/C16H18N2O2S/c1-2-5-12(6-3-1)16(7-4-8-16)15-17-14(18-20-15)13-11-21-10-9-19-13/h1-3,5-6,13H,4,7-11H2. The van der Waals surface area contributed by atoms with Crippen LogP contribution >= 0.6 is 11.8 Å². The summed E-state index contributed by atoms with van der Waals surface area (Å²) < 4.78 is 11.4. The molecule has 0 amide bonds. The molecule has 1 saturated heterocycles. The topological polar surface area (TPSA) is 48.2 Å². The largest absolute Gasteiger partial charge is 0.368 e. The van der Waals surface area contributed by atoms with Crippen LogP contribution in [0.1, 0.15) is 42.6 Å². The fourth-order valence-corrected chi connectivity index (χ4v) is 3.95. The molecule has 1 aliphatic heterocycles. The fourth-order valence-electron chi connectivity index (χ4n) is 3.11. The quantitative estimate of drug-likeness (QED) is 0.870. The van der Waals surface area contributed by atoms with Gasteiger partial charge in [0, 0.05) is 11.5 Å². The molecule has 0 radical (unpaired) electrons. The molecule has 21 heavy (non-hydrogen) atoms. The van der Waals surface area contributed by atoms with Gasteiger partial charge in [0.2, 0.25) is 11.7 Å². The zero-order valence-corrected chi connectivity index (χ0v) is 12.6. The Morgan fingerprint density at radius 3 is 2.71 bits per heavy atom. The van der Waals surface area contributed by atoms with Crippen LogP contribution in [0.15, 0.2) is 34.9 Å². The smallest absolute Gasteiger partial charge is 0.237 e. The zero-order chi connectivity index (χ0) is 14.1. The molecule has 2 aromatic rings. The maximum Gasteiger partial charge on any atom is 0.237 e. The van der Waals surface area contributed by atoms with E-state index in [2.05, 4.69) is 34.4 Å². The summed E-state index contributed by atoms with van der Waals surface area (Å²) in [6.45, 7) is 0.767. The third kappa shape index (κ3) is 2.28. The molecule has 2 aliphatic rings. The van der Waals surface area contributed by atoms with Crippen molar-refractivity contribution in [1.82, 2.24) is 10.1 Å². The second-order valence-corrected chi connectivity index (χ2v) is 6.84. The van der Waals surface area contributed by atoms with Gasteiger partial charge in [-0.3, -0.25) is 0 Å². The first-order valence-electron chi connectivity index (χ1n) is 7.47. The van der Waals surface area contributed by atoms with Crippen LogP contribution in [0.2, 0.25) is 0 Å². The van der Waals surface area contributed by atoms with Crippen molar-refractivity contribution in [3.05, 3.63) is 47.6 Å². The van der Waals surface area contributed by atoms with Crippen LogP contribution in [0.25, 0.3) is 0 Å². The third-order valence-corrected chi connectivity index (χ3v) is 5.48. The average Bonchev–Trinajstić information content (AvgIpc) is 2.98. The van der Waals surface area contributed by atoms with E-state index in [4.69, 9.17) is 9.26 Å². The number of nitrogens with zero attached hydrogens (tertiary/aromatic N) is 2. The van der Waals surface area contributed by atoms with Gasteiger partial charge in [-0.15, -0.1) is 0 Å². The highest BCUT2D eigenvalue weighted by atomic mass is 32.2. The summed E-state index contributed by atoms with van der Waals surface area (Å²) in [7, 11) is 0. The second-order valence-electron chi connectivity index (χ2n) is 5.69. The molecule has 1 saturated carbocycles. The van der Waals surface area contributed by atoms with E-state index >= 15 is 0 Å². The molecule has 110 valence electrons. The summed E-state index contributed by atoms with van der Waals surface area (Å²) in [5.41, 5.74) is 1.21. The summed E-state index contributed by atoms with van der Waals surface area (Å²) >= 11 is 1.88. The molecule has 0 N–H and O–H groups in total. The number of benzene rings is 1. The minimum Gasteiger partial charge on any atom is -0.368 e. The number of hydrogen-bond donors (Lipinski definition) is 0. The van der Waals surface area contributed by atoms with Crippen molar-refractivity contribution in [2.24, 2.45) is 0 Å². The van der Waals surface area contributed by atoms with E-state index in [0.717, 1.165) is 36.8 Å². The van der Waals surface area contributed by atoms with Gasteiger partial charge >= 0.3 is 0 Å². The van der Waals surface area contributed by atoms with E-state index < -0.39 is 0 Å². The Morgan fingerprint density at radius 1 is 1.19 bits per heavy atom. The second kappa shape index (κ2) is 5.46. The Balaban J connectivity index is 1.64. The molecular weight excluding hydrogens is 284 g/mol. The Kier molecular flexibility index (Phi) is 3.47. The van der Waals surface area contributed by atoms with Crippen LogP contribution in [0.5, 0.6) is 0 Å². The van der Waals surface area contributed by atoms with Crippen molar-refractivity contribution in [2.45, 2.75) is 30.8 Å². The Labute approximate surface area is 128 Å². The SMILES string of the molecule is c1ccc(C2(c3nc(C4CSCCO4)no3)CCC2)cc1. The first kappa shape index (κ1) is 13.3. The summed E-state index contributed by atoms with van der Waals surface area (Å²) in [4.78, 5) is 4.69. The van der Waals surface area contributed by atoms with E-state index in [1.54, 1.807) is 0 Å². The van der Waals surface area contributed by atoms with Crippen LogP contribution in [0, 0.1) is 0 Å². The van der Waals surface area contributed by atoms with E-state index in [9.17, 15) is 0 Å². The monoisotopic (exact) mass is 302 g/mol. The highest BCUT2D eigenvalue weighted by Gasteiger charge is 2.45. The highest BCUT2D eigenvalue weighted by Crippen LogP contribution is 2.48. The lowest BCUT2D eigenvalue weighted by Gasteiger charge is -2.38. The molecule has 0 spiro atoms. The Hall–Kier alpha value is -1.33. The minimum atomic E-state index is -0.0751. The minimum absolute atomic E-state index is 0.0193. The number of hydrogen-bond acceptors (Lipinski definition) is 5. The molecule has 1 aliphatic carbocycles. The first-order valence-corrected chi connectivity index (χ1v) is 8.63. The molecule has 1 unspecified atom stereocenters. The van der Waals surface area contributed by atoms with Gasteiger partial charge in [0.1, 0.15) is 6.10 Å². The van der Waals surface area contributed by atoms with Gasteiger partial charge in [-0.1, -0.05) is 41.9 Å². The first-order chi connectivity index (χ1) is 10.4. The summed E-state index contributed by atoms with van der Waals surface area (Å²) in [6, 6.07) is 10.5. The summed E-state index contributed by atoms with van der Waals surface area (Å²) in [5, 5.41) is 4.19. The fraction of sp³-hybridized carbons (Fsp3) is 0.500. The van der Waals surface area contributed by atoms with E-state index in [-0.39, 0.29) is 11.5 Å². The maximum absolute atomic E-state index is 5.74. The van der Waals surface area contributed by atoms with Crippen LogP contribution in [0.4, 0.5) is 0 Å². The van der Waals surface area contributed by atoms with Crippen molar-refractivity contribution in [3.63, 3.8) is 0 Å². The van der Waals surface area contributed by atoms with E-state index in [0.29, 0.717) is 5.82 Å². The molecule has 4 rings (SSSR count). The lowest BCUT2D eigenvalue weighted by atomic mass is 9.64. The normalized spacial score (nSPS) is 24.5.